The molecule has 0 rings (SSSR count). The van der Waals surface area contributed by atoms with Crippen LogP contribution in [-0.2, 0) is 9.59 Å². The molecule has 0 aliphatic heterocycles. The van der Waals surface area contributed by atoms with Crippen molar-refractivity contribution in [1.82, 2.24) is 4.90 Å². The molecule has 0 saturated carbocycles. The largest absolute Gasteiger partial charge is 0.506 e. The highest BCUT2D eigenvalue weighted by Crippen LogP contribution is 2.35. The molecule has 4 N–H and O–H groups in total. The number of hydrogen-bond donors (Lipinski definition) is 3. The van der Waals surface area contributed by atoms with Gasteiger partial charge in [-0.2, -0.15) is 18.2 Å². The van der Waals surface area contributed by atoms with Crippen molar-refractivity contribution in [3.05, 3.63) is 11.5 Å². The summed E-state index contributed by atoms with van der Waals surface area (Å²) in [4.78, 5) is 21.7. The van der Waals surface area contributed by atoms with Gasteiger partial charge in [0.25, 0.3) is 0 Å². The minimum Gasteiger partial charge on any atom is -0.480 e. The number of nitrogens with zero attached hydrogens (tertiary/aromatic N) is 2. The van der Waals surface area contributed by atoms with E-state index >= 15 is 0 Å². The number of alkyl halides is 6. The van der Waals surface area contributed by atoms with Gasteiger partial charge in [-0.05, 0) is 11.8 Å². The van der Waals surface area contributed by atoms with E-state index in [1.807, 2.05) is 0 Å². The van der Waals surface area contributed by atoms with Crippen LogP contribution >= 0.6 is 11.8 Å². The molecule has 0 fully saturated rings. The lowest BCUT2D eigenvalue weighted by Crippen LogP contribution is -2.38. The van der Waals surface area contributed by atoms with Crippen LogP contribution in [0.15, 0.2) is 16.5 Å². The first-order chi connectivity index (χ1) is 10.0. The lowest BCUT2D eigenvalue weighted by molar-refractivity contribution is -0.137. The highest BCUT2D eigenvalue weighted by atomic mass is 32.2. The molecule has 0 aromatic heterocycles. The second kappa shape index (κ2) is 9.12. The van der Waals surface area contributed by atoms with Crippen molar-refractivity contribution < 1.29 is 46.1 Å². The van der Waals surface area contributed by atoms with Crippen molar-refractivity contribution in [1.29, 1.82) is 0 Å². The van der Waals surface area contributed by atoms with Gasteiger partial charge in [0.2, 0.25) is 0 Å². The van der Waals surface area contributed by atoms with Crippen LogP contribution in [0, 0.1) is 0 Å². The molecule has 0 amide bonds. The molecule has 0 aromatic carbocycles. The Balaban J connectivity index is 0. The third-order valence-corrected chi connectivity index (χ3v) is 2.13. The number of rotatable bonds is 4. The average Bonchev–Trinajstić information content (AvgIpc) is 2.23. The topological polar surface area (TPSA) is 116 Å². The van der Waals surface area contributed by atoms with E-state index in [2.05, 4.69) is 11.6 Å². The van der Waals surface area contributed by atoms with Gasteiger partial charge in [0.1, 0.15) is 6.54 Å². The zero-order chi connectivity index (χ0) is 19.0. The molecule has 0 aliphatic carbocycles. The van der Waals surface area contributed by atoms with Crippen molar-refractivity contribution >= 4 is 29.7 Å². The highest BCUT2D eigenvalue weighted by molar-refractivity contribution is 8.04. The van der Waals surface area contributed by atoms with Crippen LogP contribution < -0.4 is 5.73 Å². The molecule has 0 atom stereocenters. The van der Waals surface area contributed by atoms with Gasteiger partial charge >= 0.3 is 23.7 Å². The summed E-state index contributed by atoms with van der Waals surface area (Å²) < 4.78 is 68.6. The van der Waals surface area contributed by atoms with Crippen molar-refractivity contribution in [3.63, 3.8) is 0 Å². The molecule has 0 radical (unpaired) electrons. The molecule has 134 valence electrons. The number of hydrogen-bond acceptors (Lipinski definition) is 4. The van der Waals surface area contributed by atoms with E-state index in [4.69, 9.17) is 15.9 Å². The number of likely N-dealkylation sites (N-methyl/N-ethyl adjacent to an activating group) is 1. The fourth-order valence-electron chi connectivity index (χ4n) is 0.682. The van der Waals surface area contributed by atoms with Gasteiger partial charge in [-0.15, -0.1) is 13.2 Å². The third-order valence-electron chi connectivity index (χ3n) is 1.48. The van der Waals surface area contributed by atoms with Crippen LogP contribution in [0.1, 0.15) is 0 Å². The summed E-state index contributed by atoms with van der Waals surface area (Å²) >= 11 is -0.729. The molecule has 0 spiro atoms. The molecule has 23 heavy (non-hydrogen) atoms. The van der Waals surface area contributed by atoms with E-state index in [0.29, 0.717) is 4.90 Å². The number of nitrogens with two attached hydrogens (primary N) is 1. The van der Waals surface area contributed by atoms with Gasteiger partial charge in [-0.3, -0.25) is 4.79 Å². The van der Waals surface area contributed by atoms with E-state index in [9.17, 15) is 35.9 Å². The fraction of sp³-hybridized carbons (Fsp3) is 0.444. The zero-order valence-corrected chi connectivity index (χ0v) is 12.1. The average molecular weight is 371 g/mol. The minimum atomic E-state index is -4.78. The molecule has 0 unspecified atom stereocenters. The SMILES string of the molecule is C=C(SC(F)(F)F)C(=O)O.CN(CC(=O)O)C(N)=NC(F)(F)F. The van der Waals surface area contributed by atoms with Crippen LogP contribution in [0.2, 0.25) is 0 Å². The number of halogens is 6. The smallest absolute Gasteiger partial charge is 0.480 e. The molecule has 0 bridgehead atoms. The highest BCUT2D eigenvalue weighted by Gasteiger charge is 2.31. The summed E-state index contributed by atoms with van der Waals surface area (Å²) in [6.07, 6.45) is -4.78. The number of aliphatic carboxylic acids is 2. The van der Waals surface area contributed by atoms with Gasteiger partial charge in [0.05, 0.1) is 4.91 Å². The summed E-state index contributed by atoms with van der Waals surface area (Å²) in [6.45, 7) is 2.05. The predicted octanol–water partition coefficient (Wildman–Crippen LogP) is 1.67. The maximum absolute atomic E-state index is 11.6. The summed E-state index contributed by atoms with van der Waals surface area (Å²) in [5, 5.41) is 16.1. The zero-order valence-electron chi connectivity index (χ0n) is 11.3. The standard InChI is InChI=1S/C5H8F3N3O2.C4H3F3O2S/c1-11(2-3(12)13)4(9)10-5(6,7)8;1-2(3(8)9)10-4(5,6)7/h2H2,1H3,(H2,9,10)(H,12,13);1H2,(H,8,9). The van der Waals surface area contributed by atoms with E-state index in [1.165, 1.54) is 0 Å². The van der Waals surface area contributed by atoms with Gasteiger partial charge in [0, 0.05) is 7.05 Å². The Morgan fingerprint density at radius 2 is 1.65 bits per heavy atom. The first-order valence-electron chi connectivity index (χ1n) is 5.08. The van der Waals surface area contributed by atoms with Gasteiger partial charge < -0.3 is 20.8 Å². The van der Waals surface area contributed by atoms with E-state index in [1.54, 1.807) is 0 Å². The van der Waals surface area contributed by atoms with Crippen LogP contribution in [0.4, 0.5) is 26.3 Å². The molecular weight excluding hydrogens is 360 g/mol. The van der Waals surface area contributed by atoms with Crippen molar-refractivity contribution in [2.45, 2.75) is 11.8 Å². The normalized spacial score (nSPS) is 12.0. The predicted molar refractivity (Wildman–Crippen MR) is 68.4 cm³/mol. The first-order valence-corrected chi connectivity index (χ1v) is 5.89. The molecule has 0 aromatic rings. The van der Waals surface area contributed by atoms with E-state index in [-0.39, 0.29) is 0 Å². The molecule has 0 aliphatic rings. The van der Waals surface area contributed by atoms with Crippen molar-refractivity contribution in [2.24, 2.45) is 10.7 Å². The van der Waals surface area contributed by atoms with Gasteiger partial charge in [-0.25, -0.2) is 4.79 Å². The van der Waals surface area contributed by atoms with E-state index < -0.39 is 52.9 Å². The molecule has 7 nitrogen and oxygen atoms in total. The number of aliphatic imine (C=N–C) groups is 1. The molecular formula is C9H11F6N3O4S. The monoisotopic (exact) mass is 371 g/mol. The summed E-state index contributed by atoms with van der Waals surface area (Å²) in [5.41, 5.74) is 0.284. The fourth-order valence-corrected chi connectivity index (χ4v) is 1.05. The second-order valence-corrected chi connectivity index (χ2v) is 4.62. The lowest BCUT2D eigenvalue weighted by atomic mass is 10.6. The van der Waals surface area contributed by atoms with E-state index in [0.717, 1.165) is 7.05 Å². The molecule has 0 heterocycles. The summed E-state index contributed by atoms with van der Waals surface area (Å²) in [5.74, 6) is -3.82. The summed E-state index contributed by atoms with van der Waals surface area (Å²) in [7, 11) is 1.10. The number of carboxylic acid groups (broad SMARTS) is 2. The lowest BCUT2D eigenvalue weighted by Gasteiger charge is -2.15. The van der Waals surface area contributed by atoms with Gasteiger partial charge in [-0.1, -0.05) is 6.58 Å². The number of thioether (sulfide) groups is 1. The number of guanidine groups is 1. The van der Waals surface area contributed by atoms with Crippen LogP contribution in [0.25, 0.3) is 0 Å². The Kier molecular flexibility index (Phi) is 9.18. The first kappa shape index (κ1) is 23.2. The minimum absolute atomic E-state index is 0.634. The van der Waals surface area contributed by atoms with Crippen LogP contribution in [0.3, 0.4) is 0 Å². The quantitative estimate of drug-likeness (QED) is 0.226. The summed E-state index contributed by atoms with van der Waals surface area (Å²) in [6, 6.07) is 0. The third kappa shape index (κ3) is 16.1. The Morgan fingerprint density at radius 3 is 1.87 bits per heavy atom. The Hall–Kier alpha value is -2.12. The maximum atomic E-state index is 11.6. The maximum Gasteiger partial charge on any atom is 0.506 e. The molecule has 0 saturated heterocycles. The van der Waals surface area contributed by atoms with Crippen molar-refractivity contribution in [2.75, 3.05) is 13.6 Å². The Bertz CT molecular complexity index is 477. The number of carbonyl (C=O) groups is 2. The van der Waals surface area contributed by atoms with Crippen LogP contribution in [-0.4, -0.2) is 58.4 Å². The van der Waals surface area contributed by atoms with Gasteiger partial charge in [0.15, 0.2) is 5.96 Å². The molecule has 14 heteroatoms. The van der Waals surface area contributed by atoms with Crippen molar-refractivity contribution in [3.8, 4) is 0 Å². The number of carboxylic acids is 2. The van der Waals surface area contributed by atoms with Crippen LogP contribution in [0.5, 0.6) is 0 Å². The Labute approximate surface area is 129 Å². The second-order valence-electron chi connectivity index (χ2n) is 3.46. The Morgan fingerprint density at radius 1 is 1.22 bits per heavy atom.